The normalized spacial score (nSPS) is 26.8. The first-order chi connectivity index (χ1) is 19.0. The maximum Gasteiger partial charge on any atom is 0.459 e. The number of carbonyl (C=O) groups is 1. The Bertz CT molecular complexity index is 1420. The van der Waals surface area contributed by atoms with Gasteiger partial charge in [0.1, 0.15) is 29.6 Å². The van der Waals surface area contributed by atoms with Gasteiger partial charge in [0.15, 0.2) is 23.2 Å². The van der Waals surface area contributed by atoms with Crippen LogP contribution in [0.15, 0.2) is 36.7 Å². The van der Waals surface area contributed by atoms with Gasteiger partial charge >= 0.3 is 13.7 Å². The molecule has 0 bridgehead atoms. The van der Waals surface area contributed by atoms with Gasteiger partial charge in [-0.3, -0.25) is 13.9 Å². The molecule has 1 aliphatic heterocycles. The van der Waals surface area contributed by atoms with E-state index in [-0.39, 0.29) is 17.7 Å². The third-order valence-corrected chi connectivity index (χ3v) is 8.29. The maximum absolute atomic E-state index is 13.7. The number of methoxy groups -OCH3 is 1. The van der Waals surface area contributed by atoms with Crippen molar-refractivity contribution in [1.29, 1.82) is 0 Å². The zero-order chi connectivity index (χ0) is 28.7. The number of aliphatic hydroxyl groups is 2. The summed E-state index contributed by atoms with van der Waals surface area (Å²) in [6.07, 6.45) is -0.392. The van der Waals surface area contributed by atoms with E-state index in [0.29, 0.717) is 17.0 Å². The number of hydrogen-bond donors (Lipinski definition) is 5. The van der Waals surface area contributed by atoms with Gasteiger partial charge in [0.2, 0.25) is 5.95 Å². The topological polar surface area (TPSA) is 205 Å². The Labute approximate surface area is 229 Å². The summed E-state index contributed by atoms with van der Waals surface area (Å²) in [5.74, 6) is -0.0118. The predicted octanol–water partition coefficient (Wildman–Crippen LogP) is 1.35. The van der Waals surface area contributed by atoms with Gasteiger partial charge in [0.05, 0.1) is 20.0 Å². The lowest BCUT2D eigenvalue weighted by Gasteiger charge is -2.27. The fraction of sp³-hybridized carbons (Fsp3) is 0.500. The number of aliphatic hydroxyl groups excluding tert-OH is 1. The molecule has 1 aromatic carbocycles. The van der Waals surface area contributed by atoms with E-state index in [0.717, 1.165) is 12.8 Å². The van der Waals surface area contributed by atoms with E-state index in [2.05, 4.69) is 25.4 Å². The molecule has 6 atom stereocenters. The number of carbonyl (C=O) groups excluding carboxylic acids is 1. The average Bonchev–Trinajstić information content (AvgIpc) is 3.59. The molecule has 1 saturated carbocycles. The second-order valence-corrected chi connectivity index (χ2v) is 11.6. The van der Waals surface area contributed by atoms with Gasteiger partial charge in [-0.1, -0.05) is 18.2 Å². The number of hydrogen-bond acceptors (Lipinski definition) is 13. The summed E-state index contributed by atoms with van der Waals surface area (Å²) in [7, 11) is -3.02. The summed E-state index contributed by atoms with van der Waals surface area (Å²) >= 11 is 0. The molecule has 0 amide bonds. The van der Waals surface area contributed by atoms with Crippen LogP contribution < -0.4 is 20.7 Å². The molecule has 15 nitrogen and oxygen atoms in total. The number of rotatable bonds is 11. The van der Waals surface area contributed by atoms with E-state index < -0.39 is 50.4 Å². The Morgan fingerprint density at radius 2 is 2.05 bits per heavy atom. The number of fused-ring (bicyclic) bond motifs is 1. The number of nitrogens with two attached hydrogens (primary N) is 1. The number of ether oxygens (including phenoxy) is 2. The van der Waals surface area contributed by atoms with Crippen molar-refractivity contribution in [1.82, 2.24) is 24.6 Å². The Balaban J connectivity index is 1.37. The predicted molar refractivity (Wildman–Crippen MR) is 142 cm³/mol. The first-order valence-electron chi connectivity index (χ1n) is 12.7. The van der Waals surface area contributed by atoms with Gasteiger partial charge in [0.25, 0.3) is 0 Å². The van der Waals surface area contributed by atoms with Crippen LogP contribution in [0.5, 0.6) is 5.75 Å². The molecule has 0 spiro atoms. The number of imidazole rings is 1. The van der Waals surface area contributed by atoms with Gasteiger partial charge in [-0.15, -0.1) is 0 Å². The van der Waals surface area contributed by atoms with Crippen molar-refractivity contribution >= 4 is 36.6 Å². The molecule has 216 valence electrons. The number of esters is 1. The van der Waals surface area contributed by atoms with E-state index >= 15 is 0 Å². The molecule has 1 aliphatic carbocycles. The molecule has 5 rings (SSSR count). The van der Waals surface area contributed by atoms with Crippen molar-refractivity contribution in [2.45, 2.75) is 62.8 Å². The Kier molecular flexibility index (Phi) is 7.70. The summed E-state index contributed by atoms with van der Waals surface area (Å²) in [5, 5.41) is 28.1. The molecule has 3 aromatic rings. The van der Waals surface area contributed by atoms with Crippen LogP contribution in [0.1, 0.15) is 32.9 Å². The van der Waals surface area contributed by atoms with Crippen LogP contribution in [0.2, 0.25) is 0 Å². The third-order valence-electron chi connectivity index (χ3n) is 6.65. The lowest BCUT2D eigenvalue weighted by Crippen LogP contribution is -2.44. The zero-order valence-corrected chi connectivity index (χ0v) is 23.0. The largest absolute Gasteiger partial charge is 0.468 e. The minimum atomic E-state index is -4.21. The molecule has 40 heavy (non-hydrogen) atoms. The molecule has 1 unspecified atom stereocenters. The summed E-state index contributed by atoms with van der Waals surface area (Å²) < 4.78 is 37.1. The highest BCUT2D eigenvalue weighted by Crippen LogP contribution is 2.47. The molecule has 2 aromatic heterocycles. The second kappa shape index (κ2) is 10.9. The highest BCUT2D eigenvalue weighted by Gasteiger charge is 2.54. The van der Waals surface area contributed by atoms with Crippen LogP contribution in [-0.2, 0) is 23.4 Å². The number of benzene rings is 1. The quantitative estimate of drug-likeness (QED) is 0.161. The minimum absolute atomic E-state index is 0.000251. The van der Waals surface area contributed by atoms with Crippen molar-refractivity contribution in [2.75, 3.05) is 24.8 Å². The van der Waals surface area contributed by atoms with Crippen LogP contribution in [0.25, 0.3) is 11.2 Å². The maximum atomic E-state index is 13.7. The van der Waals surface area contributed by atoms with Crippen molar-refractivity contribution in [3.8, 4) is 5.75 Å². The number of anilines is 2. The molecule has 2 aliphatic rings. The molecule has 6 N–H and O–H groups in total. The number of para-hydroxylation sites is 1. The highest BCUT2D eigenvalue weighted by molar-refractivity contribution is 7.52. The molecule has 16 heteroatoms. The Hall–Kier alpha value is -3.33. The fourth-order valence-corrected chi connectivity index (χ4v) is 5.85. The summed E-state index contributed by atoms with van der Waals surface area (Å²) in [6.45, 7) is 2.35. The second-order valence-electron chi connectivity index (χ2n) is 9.94. The van der Waals surface area contributed by atoms with Crippen LogP contribution in [0.4, 0.5) is 11.8 Å². The van der Waals surface area contributed by atoms with E-state index in [9.17, 15) is 19.6 Å². The van der Waals surface area contributed by atoms with Gasteiger partial charge in [-0.2, -0.15) is 15.1 Å². The number of aromatic nitrogens is 4. The van der Waals surface area contributed by atoms with Gasteiger partial charge in [0, 0.05) is 6.04 Å². The first-order valence-corrected chi connectivity index (χ1v) is 14.2. The standard InChI is InChI=1S/C24H32N7O8P/c1-13(21(33)36-3)30-40(35,39-15-7-5-4-6-8-15)37-11-16-18(32)24(2,34)22(38-16)31-12-26-17-19(27-14-9-10-14)28-23(25)29-20(17)31/h4-8,12-14,16,18,22,32,34H,9-11H2,1-3H3,(H,30,35)(H3,25,27,28,29)/t13-,16-,18-,22-,24-,40?/m1/s1. The number of nitrogens with one attached hydrogen (secondary N) is 2. The van der Waals surface area contributed by atoms with E-state index in [1.807, 2.05) is 0 Å². The Morgan fingerprint density at radius 1 is 1.32 bits per heavy atom. The van der Waals surface area contributed by atoms with E-state index in [1.165, 1.54) is 31.9 Å². The van der Waals surface area contributed by atoms with Crippen LogP contribution in [-0.4, -0.2) is 79.3 Å². The van der Waals surface area contributed by atoms with Gasteiger partial charge in [-0.05, 0) is 38.8 Å². The van der Waals surface area contributed by atoms with Gasteiger partial charge < -0.3 is 35.3 Å². The molecule has 3 heterocycles. The van der Waals surface area contributed by atoms with Crippen molar-refractivity contribution < 1.29 is 38.1 Å². The SMILES string of the molecule is COC(=O)[C@@H](C)NP(=O)(OC[C@H]1O[C@@H](n2cnc3c(NC4CC4)nc(N)nc32)[C@](C)(O)[C@@H]1O)Oc1ccccc1. The molecular weight excluding hydrogens is 545 g/mol. The van der Waals surface area contributed by atoms with Crippen LogP contribution in [0, 0.1) is 0 Å². The van der Waals surface area contributed by atoms with E-state index in [4.69, 9.17) is 24.3 Å². The molecule has 0 radical (unpaired) electrons. The fourth-order valence-electron chi connectivity index (χ4n) is 4.35. The zero-order valence-electron chi connectivity index (χ0n) is 22.1. The summed E-state index contributed by atoms with van der Waals surface area (Å²) in [5.41, 5.74) is 4.81. The summed E-state index contributed by atoms with van der Waals surface area (Å²) in [6, 6.07) is 7.45. The molecular formula is C24H32N7O8P. The molecule has 1 saturated heterocycles. The van der Waals surface area contributed by atoms with Crippen LogP contribution in [0.3, 0.4) is 0 Å². The third kappa shape index (κ3) is 5.75. The van der Waals surface area contributed by atoms with Crippen LogP contribution >= 0.6 is 7.75 Å². The highest BCUT2D eigenvalue weighted by atomic mass is 31.2. The van der Waals surface area contributed by atoms with Crippen molar-refractivity contribution in [3.63, 3.8) is 0 Å². The first kappa shape index (κ1) is 28.2. The average molecular weight is 578 g/mol. The lowest BCUT2D eigenvalue weighted by atomic mass is 9.96. The van der Waals surface area contributed by atoms with Gasteiger partial charge in [-0.25, -0.2) is 9.55 Å². The van der Waals surface area contributed by atoms with Crippen molar-refractivity contribution in [3.05, 3.63) is 36.7 Å². The summed E-state index contributed by atoms with van der Waals surface area (Å²) in [4.78, 5) is 24.9. The lowest BCUT2D eigenvalue weighted by molar-refractivity contribution is -0.142. The van der Waals surface area contributed by atoms with E-state index in [1.54, 1.807) is 30.3 Å². The number of nitrogen functional groups attached to an aromatic ring is 1. The van der Waals surface area contributed by atoms with Crippen molar-refractivity contribution in [2.24, 2.45) is 0 Å². The molecule has 2 fully saturated rings. The smallest absolute Gasteiger partial charge is 0.459 e. The minimum Gasteiger partial charge on any atom is -0.468 e. The Morgan fingerprint density at radius 3 is 2.73 bits per heavy atom. The number of nitrogens with zero attached hydrogens (tertiary/aromatic N) is 4. The monoisotopic (exact) mass is 577 g/mol.